The number of aromatic nitrogens is 3. The van der Waals surface area contributed by atoms with Crippen LogP contribution in [-0.4, -0.2) is 21.5 Å². The van der Waals surface area contributed by atoms with Crippen molar-refractivity contribution in [3.05, 3.63) is 24.2 Å². The molecule has 3 N–H and O–H groups in total. The molecule has 2 heterocycles. The number of nitrogens with zero attached hydrogens (tertiary/aromatic N) is 2. The van der Waals surface area contributed by atoms with Gasteiger partial charge >= 0.3 is 0 Å². The van der Waals surface area contributed by atoms with Crippen molar-refractivity contribution in [1.82, 2.24) is 15.0 Å². The Morgan fingerprint density at radius 2 is 2.24 bits per heavy atom. The molecule has 0 aromatic carbocycles. The van der Waals surface area contributed by atoms with Crippen LogP contribution in [0.25, 0.3) is 11.2 Å². The molecular weight excluding hydrogens is 212 g/mol. The average Bonchev–Trinajstić information content (AvgIpc) is 2.82. The van der Waals surface area contributed by atoms with Gasteiger partial charge in [-0.25, -0.2) is 9.97 Å². The molecule has 1 fully saturated rings. The maximum absolute atomic E-state index is 5.87. The van der Waals surface area contributed by atoms with Crippen molar-refractivity contribution in [2.75, 3.05) is 6.54 Å². The average molecular weight is 230 g/mol. The van der Waals surface area contributed by atoms with Crippen LogP contribution in [0, 0.1) is 5.92 Å². The Hall–Kier alpha value is -1.42. The van der Waals surface area contributed by atoms with Crippen molar-refractivity contribution in [1.29, 1.82) is 0 Å². The SMILES string of the molecule is NCC1CCCCC1c1nc2ncccc2[nH]1. The highest BCUT2D eigenvalue weighted by Crippen LogP contribution is 2.36. The summed E-state index contributed by atoms with van der Waals surface area (Å²) in [5.41, 5.74) is 7.72. The summed E-state index contributed by atoms with van der Waals surface area (Å²) in [5, 5.41) is 0. The fourth-order valence-corrected chi connectivity index (χ4v) is 2.89. The minimum absolute atomic E-state index is 0.489. The van der Waals surface area contributed by atoms with E-state index < -0.39 is 0 Å². The Morgan fingerprint density at radius 3 is 3.06 bits per heavy atom. The van der Waals surface area contributed by atoms with Gasteiger partial charge in [0.05, 0.1) is 5.52 Å². The second-order valence-corrected chi connectivity index (χ2v) is 4.88. The minimum Gasteiger partial charge on any atom is -0.340 e. The molecule has 90 valence electrons. The Balaban J connectivity index is 1.96. The molecule has 2 aromatic heterocycles. The predicted molar refractivity (Wildman–Crippen MR) is 67.6 cm³/mol. The van der Waals surface area contributed by atoms with E-state index in [1.54, 1.807) is 6.20 Å². The van der Waals surface area contributed by atoms with Crippen LogP contribution in [0.5, 0.6) is 0 Å². The lowest BCUT2D eigenvalue weighted by Gasteiger charge is -2.28. The molecule has 17 heavy (non-hydrogen) atoms. The van der Waals surface area contributed by atoms with E-state index in [9.17, 15) is 0 Å². The number of hydrogen-bond donors (Lipinski definition) is 2. The standard InChI is InChI=1S/C13H18N4/c14-8-9-4-1-2-5-10(9)12-16-11-6-3-7-15-13(11)17-12/h3,6-7,9-10H,1-2,4-5,8,14H2,(H,15,16,17). The minimum atomic E-state index is 0.489. The number of nitrogens with one attached hydrogen (secondary N) is 1. The summed E-state index contributed by atoms with van der Waals surface area (Å²) in [6.07, 6.45) is 6.80. The summed E-state index contributed by atoms with van der Waals surface area (Å²) >= 11 is 0. The summed E-state index contributed by atoms with van der Waals surface area (Å²) in [5.74, 6) is 2.14. The lowest BCUT2D eigenvalue weighted by molar-refractivity contribution is 0.306. The molecule has 0 radical (unpaired) electrons. The zero-order valence-electron chi connectivity index (χ0n) is 9.89. The number of aromatic amines is 1. The molecule has 2 unspecified atom stereocenters. The van der Waals surface area contributed by atoms with E-state index in [0.29, 0.717) is 11.8 Å². The van der Waals surface area contributed by atoms with E-state index in [4.69, 9.17) is 5.73 Å². The molecule has 2 atom stereocenters. The van der Waals surface area contributed by atoms with Crippen molar-refractivity contribution < 1.29 is 0 Å². The molecule has 3 rings (SSSR count). The molecule has 0 amide bonds. The number of pyridine rings is 1. The number of fused-ring (bicyclic) bond motifs is 1. The van der Waals surface area contributed by atoms with Gasteiger partial charge < -0.3 is 10.7 Å². The van der Waals surface area contributed by atoms with Crippen LogP contribution in [-0.2, 0) is 0 Å². The zero-order chi connectivity index (χ0) is 11.7. The topological polar surface area (TPSA) is 67.6 Å². The smallest absolute Gasteiger partial charge is 0.177 e. The molecular formula is C13H18N4. The van der Waals surface area contributed by atoms with Gasteiger partial charge in [-0.2, -0.15) is 0 Å². The largest absolute Gasteiger partial charge is 0.340 e. The number of imidazole rings is 1. The Morgan fingerprint density at radius 1 is 1.35 bits per heavy atom. The van der Waals surface area contributed by atoms with Crippen LogP contribution in [0.2, 0.25) is 0 Å². The lowest BCUT2D eigenvalue weighted by Crippen LogP contribution is -2.25. The van der Waals surface area contributed by atoms with Gasteiger partial charge in [0.1, 0.15) is 5.82 Å². The van der Waals surface area contributed by atoms with Crippen LogP contribution in [0.4, 0.5) is 0 Å². The summed E-state index contributed by atoms with van der Waals surface area (Å²) in [7, 11) is 0. The van der Waals surface area contributed by atoms with Crippen LogP contribution in [0.15, 0.2) is 18.3 Å². The van der Waals surface area contributed by atoms with Gasteiger partial charge in [0.25, 0.3) is 0 Å². The molecule has 0 saturated heterocycles. The molecule has 0 aliphatic heterocycles. The number of rotatable bonds is 2. The highest BCUT2D eigenvalue weighted by atomic mass is 15.0. The van der Waals surface area contributed by atoms with Crippen molar-refractivity contribution >= 4 is 11.2 Å². The van der Waals surface area contributed by atoms with E-state index in [2.05, 4.69) is 15.0 Å². The predicted octanol–water partition coefficient (Wildman–Crippen LogP) is 2.19. The third-order valence-electron chi connectivity index (χ3n) is 3.84. The molecule has 2 aromatic rings. The van der Waals surface area contributed by atoms with Crippen molar-refractivity contribution in [2.24, 2.45) is 11.7 Å². The van der Waals surface area contributed by atoms with Gasteiger partial charge in [0.15, 0.2) is 5.65 Å². The van der Waals surface area contributed by atoms with Crippen LogP contribution in [0.3, 0.4) is 0 Å². The van der Waals surface area contributed by atoms with Gasteiger partial charge in [-0.3, -0.25) is 0 Å². The second-order valence-electron chi connectivity index (χ2n) is 4.88. The van der Waals surface area contributed by atoms with E-state index in [1.807, 2.05) is 12.1 Å². The molecule has 1 aliphatic carbocycles. The van der Waals surface area contributed by atoms with Gasteiger partial charge in [-0.1, -0.05) is 12.8 Å². The molecule has 0 spiro atoms. The Labute approximate surface area is 101 Å². The first-order chi connectivity index (χ1) is 8.38. The number of hydrogen-bond acceptors (Lipinski definition) is 3. The Kier molecular flexibility index (Phi) is 2.81. The summed E-state index contributed by atoms with van der Waals surface area (Å²) in [4.78, 5) is 12.3. The normalized spacial score (nSPS) is 25.2. The van der Waals surface area contributed by atoms with Gasteiger partial charge in [-0.15, -0.1) is 0 Å². The highest BCUT2D eigenvalue weighted by Gasteiger charge is 2.27. The van der Waals surface area contributed by atoms with Crippen molar-refractivity contribution in [2.45, 2.75) is 31.6 Å². The first-order valence-corrected chi connectivity index (χ1v) is 6.39. The molecule has 0 bridgehead atoms. The van der Waals surface area contributed by atoms with Crippen LogP contribution >= 0.6 is 0 Å². The van der Waals surface area contributed by atoms with E-state index >= 15 is 0 Å². The van der Waals surface area contributed by atoms with Crippen LogP contribution in [0.1, 0.15) is 37.4 Å². The Bertz CT molecular complexity index is 472. The lowest BCUT2D eigenvalue weighted by atomic mass is 9.79. The molecule has 4 heteroatoms. The fourth-order valence-electron chi connectivity index (χ4n) is 2.89. The maximum Gasteiger partial charge on any atom is 0.177 e. The van der Waals surface area contributed by atoms with E-state index in [0.717, 1.165) is 23.5 Å². The number of H-pyrrole nitrogens is 1. The highest BCUT2D eigenvalue weighted by molar-refractivity contribution is 5.70. The zero-order valence-corrected chi connectivity index (χ0v) is 9.89. The molecule has 1 aliphatic rings. The summed E-state index contributed by atoms with van der Waals surface area (Å²) in [6.45, 7) is 0.759. The first-order valence-electron chi connectivity index (χ1n) is 6.39. The third kappa shape index (κ3) is 1.93. The fraction of sp³-hybridized carbons (Fsp3) is 0.538. The van der Waals surface area contributed by atoms with Gasteiger partial charge in [-0.05, 0) is 37.4 Å². The molecule has 1 saturated carbocycles. The third-order valence-corrected chi connectivity index (χ3v) is 3.84. The number of nitrogens with two attached hydrogens (primary N) is 1. The summed E-state index contributed by atoms with van der Waals surface area (Å²) < 4.78 is 0. The first kappa shape index (κ1) is 10.7. The van der Waals surface area contributed by atoms with E-state index in [-0.39, 0.29) is 0 Å². The molecule has 4 nitrogen and oxygen atoms in total. The van der Waals surface area contributed by atoms with Crippen molar-refractivity contribution in [3.8, 4) is 0 Å². The van der Waals surface area contributed by atoms with Crippen molar-refractivity contribution in [3.63, 3.8) is 0 Å². The van der Waals surface area contributed by atoms with Gasteiger partial charge in [0.2, 0.25) is 0 Å². The second kappa shape index (κ2) is 4.45. The van der Waals surface area contributed by atoms with Gasteiger partial charge in [0, 0.05) is 12.1 Å². The van der Waals surface area contributed by atoms with E-state index in [1.165, 1.54) is 25.7 Å². The monoisotopic (exact) mass is 230 g/mol. The maximum atomic E-state index is 5.87. The summed E-state index contributed by atoms with van der Waals surface area (Å²) in [6, 6.07) is 3.96. The van der Waals surface area contributed by atoms with Crippen LogP contribution < -0.4 is 5.73 Å². The quantitative estimate of drug-likeness (QED) is 0.831.